The molecule has 0 bridgehead atoms. The van der Waals surface area contributed by atoms with Gasteiger partial charge in [-0.1, -0.05) is 0 Å². The molecular formula is C8H6BrNOS. The van der Waals surface area contributed by atoms with Crippen molar-refractivity contribution in [2.75, 3.05) is 5.73 Å². The Labute approximate surface area is 81.8 Å². The second-order valence-electron chi connectivity index (χ2n) is 2.50. The predicted molar refractivity (Wildman–Crippen MR) is 55.6 cm³/mol. The van der Waals surface area contributed by atoms with Gasteiger partial charge in [-0.15, -0.1) is 11.3 Å². The third-order valence-corrected chi connectivity index (χ3v) is 3.30. The van der Waals surface area contributed by atoms with Gasteiger partial charge in [0.2, 0.25) is 0 Å². The van der Waals surface area contributed by atoms with Crippen molar-refractivity contribution in [3.8, 4) is 5.75 Å². The molecule has 0 spiro atoms. The Morgan fingerprint density at radius 2 is 2.08 bits per heavy atom. The van der Waals surface area contributed by atoms with Gasteiger partial charge in [0.15, 0.2) is 0 Å². The Kier molecular flexibility index (Phi) is 1.73. The lowest BCUT2D eigenvalue weighted by Gasteiger charge is -1.96. The highest BCUT2D eigenvalue weighted by atomic mass is 79.9. The van der Waals surface area contributed by atoms with E-state index >= 15 is 0 Å². The number of fused-ring (bicyclic) bond motifs is 1. The molecule has 1 aromatic carbocycles. The van der Waals surface area contributed by atoms with E-state index in [1.807, 2.05) is 6.07 Å². The van der Waals surface area contributed by atoms with Crippen LogP contribution < -0.4 is 5.73 Å². The first-order valence-corrected chi connectivity index (χ1v) is 4.95. The first-order valence-electron chi connectivity index (χ1n) is 3.34. The van der Waals surface area contributed by atoms with Crippen molar-refractivity contribution in [2.24, 2.45) is 0 Å². The van der Waals surface area contributed by atoms with E-state index in [1.54, 1.807) is 23.5 Å². The molecule has 2 aromatic rings. The van der Waals surface area contributed by atoms with E-state index in [2.05, 4.69) is 15.9 Å². The smallest absolute Gasteiger partial charge is 0.118 e. The standard InChI is InChI=1S/C8H6BrNOS/c9-7-2-4-1-5(11)3-6(10)8(4)12-7/h1-3,11H,10H2. The highest BCUT2D eigenvalue weighted by Crippen LogP contribution is 2.35. The largest absolute Gasteiger partial charge is 0.508 e. The van der Waals surface area contributed by atoms with Gasteiger partial charge in [-0.2, -0.15) is 0 Å². The number of thiophene rings is 1. The van der Waals surface area contributed by atoms with Crippen molar-refractivity contribution in [3.05, 3.63) is 22.0 Å². The van der Waals surface area contributed by atoms with Gasteiger partial charge in [0.1, 0.15) is 5.75 Å². The molecule has 0 aliphatic heterocycles. The summed E-state index contributed by atoms with van der Waals surface area (Å²) in [4.78, 5) is 0. The quantitative estimate of drug-likeness (QED) is 0.700. The predicted octanol–water partition coefficient (Wildman–Crippen LogP) is 2.95. The van der Waals surface area contributed by atoms with Gasteiger partial charge in [-0.3, -0.25) is 0 Å². The Bertz CT molecular complexity index is 438. The normalized spacial score (nSPS) is 10.8. The molecule has 0 unspecified atom stereocenters. The summed E-state index contributed by atoms with van der Waals surface area (Å²) >= 11 is 4.93. The summed E-state index contributed by atoms with van der Waals surface area (Å²) in [6.07, 6.45) is 0. The number of hydrogen-bond donors (Lipinski definition) is 2. The van der Waals surface area contributed by atoms with Crippen LogP contribution in [0.5, 0.6) is 5.75 Å². The van der Waals surface area contributed by atoms with E-state index in [0.29, 0.717) is 5.69 Å². The first-order chi connectivity index (χ1) is 5.66. The molecule has 0 amide bonds. The second kappa shape index (κ2) is 2.64. The summed E-state index contributed by atoms with van der Waals surface area (Å²) in [5.74, 6) is 0.213. The van der Waals surface area contributed by atoms with E-state index in [0.717, 1.165) is 13.9 Å². The summed E-state index contributed by atoms with van der Waals surface area (Å²) in [6.45, 7) is 0. The zero-order valence-electron chi connectivity index (χ0n) is 6.04. The van der Waals surface area contributed by atoms with Gasteiger partial charge in [-0.05, 0) is 33.4 Å². The van der Waals surface area contributed by atoms with Gasteiger partial charge in [0, 0.05) is 6.07 Å². The lowest BCUT2D eigenvalue weighted by atomic mass is 10.2. The number of hydrogen-bond acceptors (Lipinski definition) is 3. The summed E-state index contributed by atoms with van der Waals surface area (Å²) < 4.78 is 2.04. The van der Waals surface area contributed by atoms with Crippen LogP contribution in [0.4, 0.5) is 5.69 Å². The number of nitrogens with two attached hydrogens (primary N) is 1. The maximum atomic E-state index is 9.23. The van der Waals surface area contributed by atoms with Gasteiger partial charge >= 0.3 is 0 Å². The summed E-state index contributed by atoms with van der Waals surface area (Å²) in [6, 6.07) is 5.20. The van der Waals surface area contributed by atoms with Crippen molar-refractivity contribution in [3.63, 3.8) is 0 Å². The molecule has 0 aliphatic rings. The third kappa shape index (κ3) is 1.17. The van der Waals surface area contributed by atoms with E-state index in [-0.39, 0.29) is 5.75 Å². The van der Waals surface area contributed by atoms with Crippen LogP contribution in [-0.4, -0.2) is 5.11 Å². The molecule has 0 radical (unpaired) electrons. The molecular weight excluding hydrogens is 238 g/mol. The number of halogens is 1. The molecule has 1 heterocycles. The van der Waals surface area contributed by atoms with E-state index in [1.165, 1.54) is 0 Å². The Morgan fingerprint density at radius 3 is 2.83 bits per heavy atom. The Balaban J connectivity index is 2.88. The third-order valence-electron chi connectivity index (χ3n) is 1.60. The minimum atomic E-state index is 0.213. The Morgan fingerprint density at radius 1 is 1.33 bits per heavy atom. The van der Waals surface area contributed by atoms with Crippen LogP contribution in [0.3, 0.4) is 0 Å². The lowest BCUT2D eigenvalue weighted by Crippen LogP contribution is -1.82. The van der Waals surface area contributed by atoms with Crippen LogP contribution in [0.1, 0.15) is 0 Å². The number of rotatable bonds is 0. The van der Waals surface area contributed by atoms with Crippen LogP contribution in [0.25, 0.3) is 10.1 Å². The molecule has 0 saturated heterocycles. The monoisotopic (exact) mass is 243 g/mol. The molecule has 62 valence electrons. The van der Waals surface area contributed by atoms with Gasteiger partial charge in [0.25, 0.3) is 0 Å². The maximum absolute atomic E-state index is 9.23. The van der Waals surface area contributed by atoms with Crippen molar-refractivity contribution >= 4 is 43.0 Å². The molecule has 12 heavy (non-hydrogen) atoms. The lowest BCUT2D eigenvalue weighted by molar-refractivity contribution is 0.476. The summed E-state index contributed by atoms with van der Waals surface area (Å²) in [5, 5.41) is 10.2. The average Bonchev–Trinajstić information content (AvgIpc) is 2.29. The Hall–Kier alpha value is -0.740. The first kappa shape index (κ1) is 7.89. The van der Waals surface area contributed by atoms with E-state index < -0.39 is 0 Å². The highest BCUT2D eigenvalue weighted by molar-refractivity contribution is 9.11. The van der Waals surface area contributed by atoms with Gasteiger partial charge < -0.3 is 10.8 Å². The number of anilines is 1. The fourth-order valence-corrected chi connectivity index (χ4v) is 2.66. The molecule has 2 nitrogen and oxygen atoms in total. The van der Waals surface area contributed by atoms with Crippen LogP contribution in [0.2, 0.25) is 0 Å². The summed E-state index contributed by atoms with van der Waals surface area (Å²) in [5.41, 5.74) is 6.33. The zero-order chi connectivity index (χ0) is 8.72. The molecule has 2 rings (SSSR count). The number of nitrogen functional groups attached to an aromatic ring is 1. The second-order valence-corrected chi connectivity index (χ2v) is 4.94. The van der Waals surface area contributed by atoms with E-state index in [9.17, 15) is 5.11 Å². The molecule has 3 N–H and O–H groups in total. The highest BCUT2D eigenvalue weighted by Gasteiger charge is 2.04. The molecule has 0 saturated carbocycles. The molecule has 0 fully saturated rings. The minimum Gasteiger partial charge on any atom is -0.508 e. The number of aromatic hydroxyl groups is 1. The van der Waals surface area contributed by atoms with Crippen LogP contribution in [0, 0.1) is 0 Å². The molecule has 1 aromatic heterocycles. The number of phenols is 1. The average molecular weight is 244 g/mol. The minimum absolute atomic E-state index is 0.213. The zero-order valence-corrected chi connectivity index (χ0v) is 8.45. The van der Waals surface area contributed by atoms with Gasteiger partial charge in [0.05, 0.1) is 14.2 Å². The van der Waals surface area contributed by atoms with Crippen molar-refractivity contribution in [2.45, 2.75) is 0 Å². The van der Waals surface area contributed by atoms with Crippen molar-refractivity contribution in [1.29, 1.82) is 0 Å². The molecule has 0 atom stereocenters. The number of benzene rings is 1. The fourth-order valence-electron chi connectivity index (χ4n) is 1.13. The molecule has 0 aliphatic carbocycles. The molecule has 4 heteroatoms. The topological polar surface area (TPSA) is 46.2 Å². The van der Waals surface area contributed by atoms with Crippen LogP contribution in [0.15, 0.2) is 22.0 Å². The fraction of sp³-hybridized carbons (Fsp3) is 0. The van der Waals surface area contributed by atoms with Crippen molar-refractivity contribution in [1.82, 2.24) is 0 Å². The van der Waals surface area contributed by atoms with E-state index in [4.69, 9.17) is 5.73 Å². The van der Waals surface area contributed by atoms with Crippen LogP contribution >= 0.6 is 27.3 Å². The maximum Gasteiger partial charge on any atom is 0.118 e. The number of phenolic OH excluding ortho intramolecular Hbond substituents is 1. The van der Waals surface area contributed by atoms with Crippen molar-refractivity contribution < 1.29 is 5.11 Å². The van der Waals surface area contributed by atoms with Crippen LogP contribution in [-0.2, 0) is 0 Å². The van der Waals surface area contributed by atoms with Gasteiger partial charge in [-0.25, -0.2) is 0 Å². The summed E-state index contributed by atoms with van der Waals surface area (Å²) in [7, 11) is 0. The SMILES string of the molecule is Nc1cc(O)cc2cc(Br)sc12.